The SMILES string of the molecule is CCCCCC(O)CC[C@@H]1C(CC=O)[C@@H](O)C[C@H]1O. The van der Waals surface area contributed by atoms with E-state index in [4.69, 9.17) is 0 Å². The van der Waals surface area contributed by atoms with Gasteiger partial charge >= 0.3 is 0 Å². The van der Waals surface area contributed by atoms with E-state index in [1.165, 1.54) is 0 Å². The third-order valence-electron chi connectivity index (χ3n) is 4.36. The Morgan fingerprint density at radius 1 is 1.16 bits per heavy atom. The van der Waals surface area contributed by atoms with Crippen LogP contribution in [0.25, 0.3) is 0 Å². The first-order chi connectivity index (χ1) is 9.10. The molecule has 0 spiro atoms. The van der Waals surface area contributed by atoms with Crippen LogP contribution in [0.15, 0.2) is 0 Å². The summed E-state index contributed by atoms with van der Waals surface area (Å²) >= 11 is 0. The van der Waals surface area contributed by atoms with Crippen molar-refractivity contribution < 1.29 is 20.1 Å². The smallest absolute Gasteiger partial charge is 0.120 e. The predicted molar refractivity (Wildman–Crippen MR) is 73.7 cm³/mol. The van der Waals surface area contributed by atoms with E-state index in [2.05, 4.69) is 6.92 Å². The molecule has 0 heterocycles. The summed E-state index contributed by atoms with van der Waals surface area (Å²) in [6.07, 6.45) is 5.47. The molecule has 5 atom stereocenters. The molecule has 19 heavy (non-hydrogen) atoms. The van der Waals surface area contributed by atoms with Crippen LogP contribution in [0.4, 0.5) is 0 Å². The highest BCUT2D eigenvalue weighted by Gasteiger charge is 2.40. The van der Waals surface area contributed by atoms with E-state index >= 15 is 0 Å². The van der Waals surface area contributed by atoms with Crippen molar-refractivity contribution in [3.63, 3.8) is 0 Å². The van der Waals surface area contributed by atoms with E-state index < -0.39 is 12.2 Å². The molecule has 0 saturated heterocycles. The number of unbranched alkanes of at least 4 members (excludes halogenated alkanes) is 2. The lowest BCUT2D eigenvalue weighted by Gasteiger charge is -2.23. The molecule has 0 amide bonds. The Bertz CT molecular complexity index is 257. The molecular formula is C15H28O4. The fourth-order valence-electron chi connectivity index (χ4n) is 3.18. The summed E-state index contributed by atoms with van der Waals surface area (Å²) in [5, 5.41) is 29.6. The van der Waals surface area contributed by atoms with Gasteiger partial charge in [0.05, 0.1) is 18.3 Å². The largest absolute Gasteiger partial charge is 0.393 e. The topological polar surface area (TPSA) is 77.8 Å². The van der Waals surface area contributed by atoms with E-state index in [1.807, 2.05) is 0 Å². The third kappa shape index (κ3) is 5.21. The summed E-state index contributed by atoms with van der Waals surface area (Å²) in [5.41, 5.74) is 0. The van der Waals surface area contributed by atoms with Gasteiger partial charge in [-0.15, -0.1) is 0 Å². The Morgan fingerprint density at radius 3 is 2.47 bits per heavy atom. The van der Waals surface area contributed by atoms with Gasteiger partial charge in [-0.3, -0.25) is 0 Å². The minimum Gasteiger partial charge on any atom is -0.393 e. The maximum atomic E-state index is 10.6. The molecule has 112 valence electrons. The predicted octanol–water partition coefficient (Wildman–Crippen LogP) is 1.65. The quantitative estimate of drug-likeness (QED) is 0.440. The number of hydrogen-bond acceptors (Lipinski definition) is 4. The molecule has 0 aliphatic heterocycles. The second-order valence-electron chi connectivity index (χ2n) is 5.83. The summed E-state index contributed by atoms with van der Waals surface area (Å²) in [7, 11) is 0. The van der Waals surface area contributed by atoms with Gasteiger partial charge in [0.15, 0.2) is 0 Å². The van der Waals surface area contributed by atoms with Crippen molar-refractivity contribution in [1.82, 2.24) is 0 Å². The highest BCUT2D eigenvalue weighted by molar-refractivity contribution is 5.50. The van der Waals surface area contributed by atoms with Crippen molar-refractivity contribution in [3.05, 3.63) is 0 Å². The fraction of sp³-hybridized carbons (Fsp3) is 0.933. The lowest BCUT2D eigenvalue weighted by atomic mass is 9.86. The van der Waals surface area contributed by atoms with Crippen LogP contribution in [0.1, 0.15) is 58.3 Å². The number of carbonyl (C=O) groups is 1. The fourth-order valence-corrected chi connectivity index (χ4v) is 3.18. The van der Waals surface area contributed by atoms with Crippen LogP contribution < -0.4 is 0 Å². The van der Waals surface area contributed by atoms with Crippen LogP contribution >= 0.6 is 0 Å². The summed E-state index contributed by atoms with van der Waals surface area (Å²) in [4.78, 5) is 10.6. The van der Waals surface area contributed by atoms with Gasteiger partial charge in [0.2, 0.25) is 0 Å². The molecule has 1 aliphatic carbocycles. The first-order valence-electron chi connectivity index (χ1n) is 7.58. The molecule has 1 fully saturated rings. The molecule has 4 heteroatoms. The first kappa shape index (κ1) is 16.6. The summed E-state index contributed by atoms with van der Waals surface area (Å²) in [5.74, 6) is -0.198. The van der Waals surface area contributed by atoms with Gasteiger partial charge in [-0.1, -0.05) is 26.2 Å². The second-order valence-corrected chi connectivity index (χ2v) is 5.83. The van der Waals surface area contributed by atoms with E-state index in [0.29, 0.717) is 25.7 Å². The van der Waals surface area contributed by atoms with Crippen LogP contribution in [0, 0.1) is 11.8 Å². The molecule has 1 aliphatic rings. The number of aliphatic hydroxyl groups is 3. The van der Waals surface area contributed by atoms with Crippen LogP contribution in [0.3, 0.4) is 0 Å². The van der Waals surface area contributed by atoms with Gasteiger partial charge in [-0.2, -0.15) is 0 Å². The van der Waals surface area contributed by atoms with Crippen molar-refractivity contribution in [2.24, 2.45) is 11.8 Å². The van der Waals surface area contributed by atoms with Gasteiger partial charge in [-0.25, -0.2) is 0 Å². The highest BCUT2D eigenvalue weighted by atomic mass is 16.3. The molecule has 2 unspecified atom stereocenters. The highest BCUT2D eigenvalue weighted by Crippen LogP contribution is 2.37. The second kappa shape index (κ2) is 8.67. The Kier molecular flexibility index (Phi) is 7.57. The molecule has 0 radical (unpaired) electrons. The van der Waals surface area contributed by atoms with E-state index in [-0.39, 0.29) is 17.9 Å². The normalized spacial score (nSPS) is 32.4. The van der Waals surface area contributed by atoms with Crippen molar-refractivity contribution in [3.8, 4) is 0 Å². The molecule has 1 rings (SSSR count). The van der Waals surface area contributed by atoms with Crippen molar-refractivity contribution in [1.29, 1.82) is 0 Å². The molecule has 0 aromatic heterocycles. The van der Waals surface area contributed by atoms with Crippen molar-refractivity contribution in [2.45, 2.75) is 76.6 Å². The van der Waals surface area contributed by atoms with E-state index in [9.17, 15) is 20.1 Å². The van der Waals surface area contributed by atoms with Gasteiger partial charge in [0.1, 0.15) is 6.29 Å². The monoisotopic (exact) mass is 272 g/mol. The van der Waals surface area contributed by atoms with Gasteiger partial charge in [-0.05, 0) is 37.5 Å². The molecule has 4 nitrogen and oxygen atoms in total. The first-order valence-corrected chi connectivity index (χ1v) is 7.58. The van der Waals surface area contributed by atoms with Crippen molar-refractivity contribution in [2.75, 3.05) is 0 Å². The molecule has 0 bridgehead atoms. The Morgan fingerprint density at radius 2 is 1.84 bits per heavy atom. The number of aldehydes is 1. The summed E-state index contributed by atoms with van der Waals surface area (Å²) < 4.78 is 0. The number of hydrogen-bond donors (Lipinski definition) is 3. The molecule has 0 aromatic carbocycles. The molecular weight excluding hydrogens is 244 g/mol. The zero-order valence-electron chi connectivity index (χ0n) is 11.9. The zero-order valence-corrected chi connectivity index (χ0v) is 11.9. The lowest BCUT2D eigenvalue weighted by Crippen LogP contribution is -2.24. The van der Waals surface area contributed by atoms with E-state index in [1.54, 1.807) is 0 Å². The van der Waals surface area contributed by atoms with E-state index in [0.717, 1.165) is 32.0 Å². The summed E-state index contributed by atoms with van der Waals surface area (Å²) in [6.45, 7) is 2.13. The van der Waals surface area contributed by atoms with Crippen LogP contribution in [-0.2, 0) is 4.79 Å². The van der Waals surface area contributed by atoms with Crippen molar-refractivity contribution >= 4 is 6.29 Å². The summed E-state index contributed by atoms with van der Waals surface area (Å²) in [6, 6.07) is 0. The Hall–Kier alpha value is -0.450. The van der Waals surface area contributed by atoms with Gasteiger partial charge in [0, 0.05) is 6.42 Å². The number of aliphatic hydroxyl groups excluding tert-OH is 3. The third-order valence-corrected chi connectivity index (χ3v) is 4.36. The average molecular weight is 272 g/mol. The number of carbonyl (C=O) groups excluding carboxylic acids is 1. The van der Waals surface area contributed by atoms with Crippen LogP contribution in [0.5, 0.6) is 0 Å². The maximum Gasteiger partial charge on any atom is 0.120 e. The Labute approximate surface area is 115 Å². The molecule has 1 saturated carbocycles. The standard InChI is InChI=1S/C15H28O4/c1-2-3-4-5-11(17)6-7-12-13(8-9-16)15(19)10-14(12)18/h9,11-15,17-19H,2-8,10H2,1H3/t11?,12-,13?,14-,15+/m1/s1. The lowest BCUT2D eigenvalue weighted by molar-refractivity contribution is -0.109. The minimum atomic E-state index is -0.581. The Balaban J connectivity index is 2.34. The van der Waals surface area contributed by atoms with Gasteiger partial charge < -0.3 is 20.1 Å². The molecule has 0 aromatic rings. The maximum absolute atomic E-state index is 10.6. The van der Waals surface area contributed by atoms with Crippen LogP contribution in [-0.4, -0.2) is 39.9 Å². The van der Waals surface area contributed by atoms with Gasteiger partial charge in [0.25, 0.3) is 0 Å². The van der Waals surface area contributed by atoms with Crippen LogP contribution in [0.2, 0.25) is 0 Å². The minimum absolute atomic E-state index is 0.0546. The zero-order chi connectivity index (χ0) is 14.3. The molecule has 3 N–H and O–H groups in total. The average Bonchev–Trinajstić information content (AvgIpc) is 2.63. The number of rotatable bonds is 9.